The van der Waals surface area contributed by atoms with E-state index in [2.05, 4.69) is 21.2 Å². The van der Waals surface area contributed by atoms with E-state index in [1.54, 1.807) is 25.4 Å². The molecule has 1 atom stereocenters. The minimum absolute atomic E-state index is 0.222. The first-order valence-corrected chi connectivity index (χ1v) is 9.64. The van der Waals surface area contributed by atoms with Gasteiger partial charge in [-0.1, -0.05) is 20.8 Å². The number of hydrogen-bond acceptors (Lipinski definition) is 4. The molecule has 0 aliphatic rings. The van der Waals surface area contributed by atoms with Gasteiger partial charge in [-0.25, -0.2) is 9.78 Å². The van der Waals surface area contributed by atoms with Crippen molar-refractivity contribution in [3.05, 3.63) is 41.3 Å². The Balaban J connectivity index is 2.30. The summed E-state index contributed by atoms with van der Waals surface area (Å²) in [6, 6.07) is 2.58. The van der Waals surface area contributed by atoms with Crippen molar-refractivity contribution in [3.63, 3.8) is 0 Å². The highest BCUT2D eigenvalue weighted by molar-refractivity contribution is 5.95. The molecule has 0 fully saturated rings. The number of anilines is 1. The highest BCUT2D eigenvalue weighted by Gasteiger charge is 2.29. The highest BCUT2D eigenvalue weighted by Crippen LogP contribution is 2.29. The van der Waals surface area contributed by atoms with Crippen molar-refractivity contribution in [2.45, 2.75) is 47.6 Å². The molecule has 2 amide bonds. The summed E-state index contributed by atoms with van der Waals surface area (Å²) >= 11 is 0. The van der Waals surface area contributed by atoms with E-state index in [0.29, 0.717) is 5.69 Å². The third-order valence-electron chi connectivity index (χ3n) is 4.61. The summed E-state index contributed by atoms with van der Waals surface area (Å²) in [6.45, 7) is 11.4. The molecule has 158 valence electrons. The summed E-state index contributed by atoms with van der Waals surface area (Å²) in [5, 5.41) is 12.2. The zero-order valence-corrected chi connectivity index (χ0v) is 18.3. The Bertz CT molecular complexity index is 982. The van der Waals surface area contributed by atoms with E-state index in [9.17, 15) is 14.7 Å². The van der Waals surface area contributed by atoms with E-state index >= 15 is 0 Å². The zero-order valence-electron chi connectivity index (χ0n) is 18.3. The Morgan fingerprint density at radius 2 is 1.83 bits per heavy atom. The van der Waals surface area contributed by atoms with Gasteiger partial charge in [0, 0.05) is 24.5 Å². The number of pyridine rings is 2. The molecule has 0 radical (unpaired) electrons. The topological polar surface area (TPSA) is 95.4 Å². The van der Waals surface area contributed by atoms with Gasteiger partial charge in [0.1, 0.15) is 17.6 Å². The van der Waals surface area contributed by atoms with Crippen molar-refractivity contribution >= 4 is 17.8 Å². The number of nitrogens with zero attached hydrogens (tertiary/aromatic N) is 3. The van der Waals surface area contributed by atoms with Crippen LogP contribution < -0.4 is 5.32 Å². The minimum atomic E-state index is -1.15. The smallest absolute Gasteiger partial charge is 0.407 e. The summed E-state index contributed by atoms with van der Waals surface area (Å²) in [5.41, 5.74) is 3.78. The first-order chi connectivity index (χ1) is 13.9. The molecule has 2 aromatic rings. The molecule has 0 aromatic carbocycles. The molecule has 0 saturated carbocycles. The number of terminal acetylenes is 1. The number of carbonyl (C=O) groups excluding carboxylic acids is 1. The lowest BCUT2D eigenvalue weighted by atomic mass is 9.95. The predicted octanol–water partition coefficient (Wildman–Crippen LogP) is 4.09. The number of aryl methyl sites for hydroxylation is 2. The van der Waals surface area contributed by atoms with Crippen molar-refractivity contribution in [1.82, 2.24) is 14.9 Å². The lowest BCUT2D eigenvalue weighted by molar-refractivity contribution is -0.120. The van der Waals surface area contributed by atoms with Crippen LogP contribution in [0.3, 0.4) is 0 Å². The Kier molecular flexibility index (Phi) is 6.83. The second-order valence-corrected chi connectivity index (χ2v) is 8.52. The summed E-state index contributed by atoms with van der Waals surface area (Å²) in [5.74, 6) is 2.38. The number of amides is 2. The number of rotatable bonds is 5. The molecule has 0 bridgehead atoms. The SMILES string of the molecule is C#Cc1nc(NC(=O)C(C)N(CC(C)(C)C)C(=O)O)ccc1-c1c(C)cncc1C. The van der Waals surface area contributed by atoms with Gasteiger partial charge in [-0.15, -0.1) is 6.42 Å². The standard InChI is InChI=1S/C23H28N4O3/c1-8-18-17(20-14(2)11-24-12-15(20)3)9-10-19(25-18)26-21(28)16(4)27(22(29)30)13-23(5,6)7/h1,9-12,16H,13H2,2-7H3,(H,29,30)(H,25,26,28). The predicted molar refractivity (Wildman–Crippen MR) is 117 cm³/mol. The van der Waals surface area contributed by atoms with Crippen molar-refractivity contribution in [1.29, 1.82) is 0 Å². The molecule has 2 aromatic heterocycles. The maximum Gasteiger partial charge on any atom is 0.407 e. The van der Waals surface area contributed by atoms with Crippen LogP contribution in [0.25, 0.3) is 11.1 Å². The van der Waals surface area contributed by atoms with Crippen LogP contribution in [0.5, 0.6) is 0 Å². The number of nitrogens with one attached hydrogen (secondary N) is 1. The molecular formula is C23H28N4O3. The summed E-state index contributed by atoms with van der Waals surface area (Å²) in [7, 11) is 0. The van der Waals surface area contributed by atoms with Gasteiger partial charge in [0.05, 0.1) is 0 Å². The number of aromatic nitrogens is 2. The monoisotopic (exact) mass is 408 g/mol. The van der Waals surface area contributed by atoms with E-state index in [4.69, 9.17) is 6.42 Å². The van der Waals surface area contributed by atoms with E-state index < -0.39 is 18.0 Å². The second-order valence-electron chi connectivity index (χ2n) is 8.52. The van der Waals surface area contributed by atoms with Crippen molar-refractivity contribution in [3.8, 4) is 23.5 Å². The summed E-state index contributed by atoms with van der Waals surface area (Å²) in [6.07, 6.45) is 8.05. The van der Waals surface area contributed by atoms with E-state index in [1.807, 2.05) is 40.7 Å². The van der Waals surface area contributed by atoms with Crippen LogP contribution in [0.4, 0.5) is 10.6 Å². The summed E-state index contributed by atoms with van der Waals surface area (Å²) < 4.78 is 0. The van der Waals surface area contributed by atoms with Crippen LogP contribution in [0.15, 0.2) is 24.5 Å². The molecule has 7 nitrogen and oxygen atoms in total. The van der Waals surface area contributed by atoms with Crippen molar-refractivity contribution in [2.75, 3.05) is 11.9 Å². The normalized spacial score (nSPS) is 12.0. The quantitative estimate of drug-likeness (QED) is 0.727. The first kappa shape index (κ1) is 22.9. The van der Waals surface area contributed by atoms with Gasteiger partial charge in [-0.2, -0.15) is 0 Å². The average molecular weight is 409 g/mol. The Morgan fingerprint density at radius 1 is 1.23 bits per heavy atom. The molecule has 0 aliphatic carbocycles. The van der Waals surface area contributed by atoms with Gasteiger partial charge in [0.15, 0.2) is 0 Å². The van der Waals surface area contributed by atoms with E-state index in [0.717, 1.165) is 27.2 Å². The lowest BCUT2D eigenvalue weighted by Crippen LogP contribution is -2.48. The number of carboxylic acid groups (broad SMARTS) is 1. The molecule has 2 heterocycles. The molecule has 30 heavy (non-hydrogen) atoms. The van der Waals surface area contributed by atoms with Crippen molar-refractivity contribution in [2.24, 2.45) is 5.41 Å². The maximum atomic E-state index is 12.7. The Hall–Kier alpha value is -3.40. The van der Waals surface area contributed by atoms with Crippen LogP contribution >= 0.6 is 0 Å². The molecule has 1 unspecified atom stereocenters. The van der Waals surface area contributed by atoms with Gasteiger partial charge in [0.25, 0.3) is 0 Å². The molecule has 2 N–H and O–H groups in total. The fourth-order valence-corrected chi connectivity index (χ4v) is 3.22. The van der Waals surface area contributed by atoms with Crippen LogP contribution in [0, 0.1) is 31.6 Å². The van der Waals surface area contributed by atoms with Crippen LogP contribution in [0.1, 0.15) is 44.5 Å². The number of hydrogen-bond donors (Lipinski definition) is 2. The fraction of sp³-hybridized carbons (Fsp3) is 0.391. The van der Waals surface area contributed by atoms with Crippen LogP contribution in [-0.2, 0) is 4.79 Å². The van der Waals surface area contributed by atoms with Gasteiger partial charge >= 0.3 is 6.09 Å². The Morgan fingerprint density at radius 3 is 2.33 bits per heavy atom. The number of carbonyl (C=O) groups is 2. The first-order valence-electron chi connectivity index (χ1n) is 9.64. The highest BCUT2D eigenvalue weighted by atomic mass is 16.4. The lowest BCUT2D eigenvalue weighted by Gasteiger charge is -2.31. The van der Waals surface area contributed by atoms with E-state index in [-0.39, 0.29) is 17.8 Å². The van der Waals surface area contributed by atoms with Gasteiger partial charge in [0.2, 0.25) is 5.91 Å². The van der Waals surface area contributed by atoms with Crippen LogP contribution in [0.2, 0.25) is 0 Å². The molecule has 0 aliphatic heterocycles. The average Bonchev–Trinajstić information content (AvgIpc) is 2.65. The maximum absolute atomic E-state index is 12.7. The van der Waals surface area contributed by atoms with E-state index in [1.165, 1.54) is 0 Å². The minimum Gasteiger partial charge on any atom is -0.465 e. The Labute approximate surface area is 177 Å². The molecular weight excluding hydrogens is 380 g/mol. The van der Waals surface area contributed by atoms with Crippen LogP contribution in [-0.4, -0.2) is 44.6 Å². The third-order valence-corrected chi connectivity index (χ3v) is 4.61. The molecule has 0 saturated heterocycles. The molecule has 7 heteroatoms. The largest absolute Gasteiger partial charge is 0.465 e. The second kappa shape index (κ2) is 8.95. The van der Waals surface area contributed by atoms with Gasteiger partial charge in [-0.05, 0) is 60.9 Å². The van der Waals surface area contributed by atoms with Crippen molar-refractivity contribution < 1.29 is 14.7 Å². The van der Waals surface area contributed by atoms with Gasteiger partial charge in [-0.3, -0.25) is 14.7 Å². The molecule has 0 spiro atoms. The fourth-order valence-electron chi connectivity index (χ4n) is 3.22. The zero-order chi connectivity index (χ0) is 22.6. The molecule has 2 rings (SSSR count). The summed E-state index contributed by atoms with van der Waals surface area (Å²) in [4.78, 5) is 34.0. The third kappa shape index (κ3) is 5.35. The van der Waals surface area contributed by atoms with Gasteiger partial charge < -0.3 is 10.4 Å².